The van der Waals surface area contributed by atoms with E-state index in [0.29, 0.717) is 6.04 Å². The van der Waals surface area contributed by atoms with Crippen molar-refractivity contribution in [3.63, 3.8) is 0 Å². The van der Waals surface area contributed by atoms with Crippen LogP contribution in [0.5, 0.6) is 0 Å². The molecule has 118 valence electrons. The highest BCUT2D eigenvalue weighted by Crippen LogP contribution is 2.21. The topological polar surface area (TPSA) is 18.5 Å². The predicted octanol–water partition coefficient (Wildman–Crippen LogP) is 2.59. The van der Waals surface area contributed by atoms with E-state index in [9.17, 15) is 0 Å². The number of nitrogens with one attached hydrogen (secondary N) is 1. The monoisotopic (exact) mass is 289 g/mol. The lowest BCUT2D eigenvalue weighted by atomic mass is 9.98. The smallest absolute Gasteiger partial charge is 0.0451 e. The third-order valence-electron chi connectivity index (χ3n) is 4.51. The minimum atomic E-state index is 0.443. The van der Waals surface area contributed by atoms with E-state index in [1.165, 1.54) is 49.3 Å². The fourth-order valence-corrected chi connectivity index (χ4v) is 3.20. The lowest BCUT2D eigenvalue weighted by molar-refractivity contribution is 0.248. The quantitative estimate of drug-likeness (QED) is 0.899. The van der Waals surface area contributed by atoms with Crippen LogP contribution in [0.4, 0.5) is 0 Å². The Balaban J connectivity index is 2.09. The van der Waals surface area contributed by atoms with E-state index in [4.69, 9.17) is 0 Å². The summed E-state index contributed by atoms with van der Waals surface area (Å²) in [5.41, 5.74) is 4.22. The first-order chi connectivity index (χ1) is 10.1. The molecule has 1 saturated heterocycles. The number of hydrogen-bond donors (Lipinski definition) is 1. The molecular formula is C18H31N3. The molecule has 1 aromatic carbocycles. The standard InChI is InChI=1S/C18H31N3/c1-5-19-18(17-13-15(2)7-8-16(17)3)14-21-10-6-9-20(4)11-12-21/h7-8,13,18-19H,5-6,9-12,14H2,1-4H3. The van der Waals surface area contributed by atoms with Crippen molar-refractivity contribution < 1.29 is 0 Å². The molecule has 3 nitrogen and oxygen atoms in total. The molecule has 1 heterocycles. The number of aryl methyl sites for hydroxylation is 2. The Morgan fingerprint density at radius 3 is 2.71 bits per heavy atom. The number of nitrogens with zero attached hydrogens (tertiary/aromatic N) is 2. The van der Waals surface area contributed by atoms with Gasteiger partial charge in [-0.3, -0.25) is 0 Å². The first-order valence-electron chi connectivity index (χ1n) is 8.31. The molecule has 2 rings (SSSR count). The molecule has 1 unspecified atom stereocenters. The first-order valence-corrected chi connectivity index (χ1v) is 8.31. The maximum absolute atomic E-state index is 3.69. The molecule has 1 aliphatic rings. The molecule has 3 heteroatoms. The van der Waals surface area contributed by atoms with Gasteiger partial charge in [0.2, 0.25) is 0 Å². The van der Waals surface area contributed by atoms with E-state index < -0.39 is 0 Å². The molecule has 0 aromatic heterocycles. The summed E-state index contributed by atoms with van der Waals surface area (Å²) in [6, 6.07) is 7.26. The summed E-state index contributed by atoms with van der Waals surface area (Å²) in [5.74, 6) is 0. The summed E-state index contributed by atoms with van der Waals surface area (Å²) in [5, 5.41) is 3.69. The molecule has 0 aliphatic carbocycles. The Morgan fingerprint density at radius 1 is 1.14 bits per heavy atom. The lowest BCUT2D eigenvalue weighted by Gasteiger charge is -2.28. The number of likely N-dealkylation sites (N-methyl/N-ethyl adjacent to an activating group) is 2. The van der Waals surface area contributed by atoms with Crippen LogP contribution in [0.25, 0.3) is 0 Å². The fourth-order valence-electron chi connectivity index (χ4n) is 3.20. The van der Waals surface area contributed by atoms with Gasteiger partial charge in [0.1, 0.15) is 0 Å². The van der Waals surface area contributed by atoms with Gasteiger partial charge in [0.25, 0.3) is 0 Å². The number of hydrogen-bond acceptors (Lipinski definition) is 3. The number of rotatable bonds is 5. The van der Waals surface area contributed by atoms with Crippen LogP contribution >= 0.6 is 0 Å². The molecule has 0 amide bonds. The maximum Gasteiger partial charge on any atom is 0.0451 e. The Kier molecular flexibility index (Phi) is 6.22. The molecule has 0 radical (unpaired) electrons. The van der Waals surface area contributed by atoms with Crippen LogP contribution in [0, 0.1) is 13.8 Å². The van der Waals surface area contributed by atoms with Crippen molar-refractivity contribution in [2.45, 2.75) is 33.2 Å². The Bertz CT molecular complexity index is 444. The zero-order valence-electron chi connectivity index (χ0n) is 14.2. The van der Waals surface area contributed by atoms with E-state index in [1.54, 1.807) is 0 Å². The molecule has 21 heavy (non-hydrogen) atoms. The van der Waals surface area contributed by atoms with Crippen molar-refractivity contribution in [2.75, 3.05) is 46.3 Å². The van der Waals surface area contributed by atoms with Gasteiger partial charge in [0.15, 0.2) is 0 Å². The van der Waals surface area contributed by atoms with Gasteiger partial charge in [-0.15, -0.1) is 0 Å². The highest BCUT2D eigenvalue weighted by Gasteiger charge is 2.19. The third-order valence-corrected chi connectivity index (χ3v) is 4.51. The lowest BCUT2D eigenvalue weighted by Crippen LogP contribution is -2.37. The van der Waals surface area contributed by atoms with Crippen LogP contribution < -0.4 is 5.32 Å². The normalized spacial score (nSPS) is 19.4. The minimum Gasteiger partial charge on any atom is -0.309 e. The second-order valence-electron chi connectivity index (χ2n) is 6.43. The van der Waals surface area contributed by atoms with Gasteiger partial charge in [0, 0.05) is 25.7 Å². The van der Waals surface area contributed by atoms with Gasteiger partial charge in [0.05, 0.1) is 0 Å². The van der Waals surface area contributed by atoms with Crippen molar-refractivity contribution in [1.29, 1.82) is 0 Å². The van der Waals surface area contributed by atoms with E-state index in [1.807, 2.05) is 0 Å². The molecule has 1 N–H and O–H groups in total. The van der Waals surface area contributed by atoms with Gasteiger partial charge < -0.3 is 15.1 Å². The summed E-state index contributed by atoms with van der Waals surface area (Å²) < 4.78 is 0. The second-order valence-corrected chi connectivity index (χ2v) is 6.43. The van der Waals surface area contributed by atoms with Gasteiger partial charge in [-0.1, -0.05) is 30.7 Å². The van der Waals surface area contributed by atoms with E-state index in [-0.39, 0.29) is 0 Å². The van der Waals surface area contributed by atoms with Gasteiger partial charge in [-0.05, 0) is 58.1 Å². The zero-order valence-corrected chi connectivity index (χ0v) is 14.2. The molecule has 0 saturated carbocycles. The molecule has 1 fully saturated rings. The maximum atomic E-state index is 3.69. The molecule has 0 bridgehead atoms. The molecular weight excluding hydrogens is 258 g/mol. The minimum absolute atomic E-state index is 0.443. The fraction of sp³-hybridized carbons (Fsp3) is 0.667. The summed E-state index contributed by atoms with van der Waals surface area (Å²) in [7, 11) is 2.23. The largest absolute Gasteiger partial charge is 0.309 e. The highest BCUT2D eigenvalue weighted by atomic mass is 15.2. The van der Waals surface area contributed by atoms with E-state index >= 15 is 0 Å². The summed E-state index contributed by atoms with van der Waals surface area (Å²) in [4.78, 5) is 5.07. The van der Waals surface area contributed by atoms with Crippen molar-refractivity contribution in [1.82, 2.24) is 15.1 Å². The predicted molar refractivity (Wildman–Crippen MR) is 90.9 cm³/mol. The van der Waals surface area contributed by atoms with Crippen LogP contribution in [-0.4, -0.2) is 56.1 Å². The second kappa shape index (κ2) is 7.92. The Hall–Kier alpha value is -0.900. The zero-order chi connectivity index (χ0) is 15.2. The average Bonchev–Trinajstić information content (AvgIpc) is 2.66. The van der Waals surface area contributed by atoms with Crippen molar-refractivity contribution in [3.05, 3.63) is 34.9 Å². The van der Waals surface area contributed by atoms with Gasteiger partial charge >= 0.3 is 0 Å². The van der Waals surface area contributed by atoms with Crippen molar-refractivity contribution in [2.24, 2.45) is 0 Å². The van der Waals surface area contributed by atoms with Crippen LogP contribution in [0.15, 0.2) is 18.2 Å². The van der Waals surface area contributed by atoms with E-state index in [0.717, 1.165) is 13.1 Å². The average molecular weight is 289 g/mol. The van der Waals surface area contributed by atoms with Gasteiger partial charge in [-0.25, -0.2) is 0 Å². The molecule has 1 aliphatic heterocycles. The van der Waals surface area contributed by atoms with Crippen molar-refractivity contribution in [3.8, 4) is 0 Å². The molecule has 0 spiro atoms. The van der Waals surface area contributed by atoms with E-state index in [2.05, 4.69) is 61.1 Å². The van der Waals surface area contributed by atoms with Gasteiger partial charge in [-0.2, -0.15) is 0 Å². The SMILES string of the molecule is CCNC(CN1CCCN(C)CC1)c1cc(C)ccc1C. The Morgan fingerprint density at radius 2 is 1.95 bits per heavy atom. The van der Waals surface area contributed by atoms with Crippen molar-refractivity contribution >= 4 is 0 Å². The van der Waals surface area contributed by atoms with Crippen LogP contribution in [0.2, 0.25) is 0 Å². The highest BCUT2D eigenvalue weighted by molar-refractivity contribution is 5.33. The summed E-state index contributed by atoms with van der Waals surface area (Å²) in [6.07, 6.45) is 1.28. The Labute approximate surface area is 130 Å². The first kappa shape index (κ1) is 16.5. The molecule has 1 atom stereocenters. The summed E-state index contributed by atoms with van der Waals surface area (Å²) in [6.45, 7) is 13.6. The third kappa shape index (κ3) is 4.80. The van der Waals surface area contributed by atoms with Crippen LogP contribution in [0.1, 0.15) is 36.1 Å². The molecule has 1 aromatic rings. The number of benzene rings is 1. The van der Waals surface area contributed by atoms with Crippen LogP contribution in [-0.2, 0) is 0 Å². The van der Waals surface area contributed by atoms with Crippen LogP contribution in [0.3, 0.4) is 0 Å². The summed E-state index contributed by atoms with van der Waals surface area (Å²) >= 11 is 0.